The number of fused-ring (bicyclic) bond motifs is 1. The van der Waals surface area contributed by atoms with Gasteiger partial charge in [0, 0.05) is 24.9 Å². The minimum atomic E-state index is 0.227. The van der Waals surface area contributed by atoms with Crippen molar-refractivity contribution in [3.8, 4) is 0 Å². The largest absolute Gasteiger partial charge is 0.409 e. The monoisotopic (exact) mass is 259 g/mol. The van der Waals surface area contributed by atoms with Crippen LogP contribution in [0.1, 0.15) is 13.3 Å². The van der Waals surface area contributed by atoms with Gasteiger partial charge in [0.15, 0.2) is 0 Å². The lowest BCUT2D eigenvalue weighted by Crippen LogP contribution is -2.28. The average Bonchev–Trinajstić information content (AvgIpc) is 2.47. The molecule has 0 spiro atoms. The van der Waals surface area contributed by atoms with Crippen LogP contribution >= 0.6 is 0 Å². The van der Waals surface area contributed by atoms with Crippen molar-refractivity contribution >= 4 is 22.4 Å². The van der Waals surface area contributed by atoms with Crippen LogP contribution in [0.2, 0.25) is 0 Å². The van der Waals surface area contributed by atoms with Gasteiger partial charge in [-0.15, -0.1) is 0 Å². The van der Waals surface area contributed by atoms with E-state index in [1.54, 1.807) is 6.20 Å². The van der Waals surface area contributed by atoms with Gasteiger partial charge in [0.1, 0.15) is 5.84 Å². The quantitative estimate of drug-likeness (QED) is 0.368. The van der Waals surface area contributed by atoms with Crippen molar-refractivity contribution in [1.82, 2.24) is 10.2 Å². The molecule has 0 radical (unpaired) electrons. The van der Waals surface area contributed by atoms with Gasteiger partial charge in [0.25, 0.3) is 0 Å². The first-order chi connectivity index (χ1) is 9.26. The second kappa shape index (κ2) is 5.99. The Morgan fingerprint density at radius 1 is 1.42 bits per heavy atom. The maximum atomic E-state index is 8.58. The number of hydrogen-bond acceptors (Lipinski definition) is 5. The highest BCUT2D eigenvalue weighted by atomic mass is 16.4. The molecule has 0 saturated heterocycles. The van der Waals surface area contributed by atoms with Crippen molar-refractivity contribution < 1.29 is 5.21 Å². The number of nitrogens with zero attached hydrogens (tertiary/aromatic N) is 4. The molecule has 0 bridgehead atoms. The van der Waals surface area contributed by atoms with Crippen LogP contribution in [0, 0.1) is 0 Å². The van der Waals surface area contributed by atoms with Crippen LogP contribution in [-0.4, -0.2) is 34.3 Å². The number of nitrogens with two attached hydrogens (primary N) is 1. The molecule has 100 valence electrons. The SMILES string of the molecule is CCN(CCC(N)=NO)c1cnnc2ccccc12. The number of aromatic nitrogens is 2. The van der Waals surface area contributed by atoms with Crippen LogP contribution < -0.4 is 10.6 Å². The highest BCUT2D eigenvalue weighted by Gasteiger charge is 2.10. The molecule has 2 aromatic rings. The minimum absolute atomic E-state index is 0.227. The zero-order valence-electron chi connectivity index (χ0n) is 10.8. The van der Waals surface area contributed by atoms with Gasteiger partial charge in [0.05, 0.1) is 17.4 Å². The molecular formula is C13H17N5O. The van der Waals surface area contributed by atoms with Crippen LogP contribution in [0.4, 0.5) is 5.69 Å². The molecule has 6 heteroatoms. The maximum absolute atomic E-state index is 8.58. The molecule has 1 heterocycles. The fourth-order valence-electron chi connectivity index (χ4n) is 1.99. The molecule has 2 rings (SSSR count). The van der Waals surface area contributed by atoms with E-state index in [0.717, 1.165) is 23.1 Å². The summed E-state index contributed by atoms with van der Waals surface area (Å²) in [7, 11) is 0. The van der Waals surface area contributed by atoms with Crippen LogP contribution in [0.3, 0.4) is 0 Å². The normalized spacial score (nSPS) is 11.7. The van der Waals surface area contributed by atoms with Gasteiger partial charge in [0.2, 0.25) is 0 Å². The summed E-state index contributed by atoms with van der Waals surface area (Å²) in [4.78, 5) is 2.13. The van der Waals surface area contributed by atoms with Crippen molar-refractivity contribution in [2.75, 3.05) is 18.0 Å². The zero-order valence-corrected chi connectivity index (χ0v) is 10.8. The Kier molecular flexibility index (Phi) is 4.12. The standard InChI is InChI=1S/C13H17N5O/c1-2-18(8-7-13(14)17-19)12-9-15-16-11-6-4-3-5-10(11)12/h3-6,9,19H,2,7-8H2,1H3,(H2,14,17). The Hall–Kier alpha value is -2.37. The van der Waals surface area contributed by atoms with Crippen LogP contribution in [-0.2, 0) is 0 Å². The smallest absolute Gasteiger partial charge is 0.140 e. The first kappa shape index (κ1) is 13.1. The third kappa shape index (κ3) is 2.90. The van der Waals surface area contributed by atoms with Gasteiger partial charge < -0.3 is 15.8 Å². The Morgan fingerprint density at radius 2 is 2.21 bits per heavy atom. The summed E-state index contributed by atoms with van der Waals surface area (Å²) in [5.74, 6) is 0.227. The van der Waals surface area contributed by atoms with E-state index in [4.69, 9.17) is 10.9 Å². The number of hydrogen-bond donors (Lipinski definition) is 2. The number of benzene rings is 1. The molecule has 0 saturated carbocycles. The molecule has 0 aliphatic heterocycles. The number of amidine groups is 1. The molecular weight excluding hydrogens is 242 g/mol. The van der Waals surface area contributed by atoms with Gasteiger partial charge in [-0.05, 0) is 13.0 Å². The number of rotatable bonds is 5. The third-order valence-corrected chi connectivity index (χ3v) is 3.01. The van der Waals surface area contributed by atoms with E-state index in [-0.39, 0.29) is 5.84 Å². The predicted octanol–water partition coefficient (Wildman–Crippen LogP) is 1.59. The molecule has 1 aromatic carbocycles. The zero-order chi connectivity index (χ0) is 13.7. The topological polar surface area (TPSA) is 87.6 Å². The van der Waals surface area contributed by atoms with Crippen molar-refractivity contribution in [3.63, 3.8) is 0 Å². The molecule has 3 N–H and O–H groups in total. The fourth-order valence-corrected chi connectivity index (χ4v) is 1.99. The van der Waals surface area contributed by atoms with E-state index in [1.807, 2.05) is 24.3 Å². The maximum Gasteiger partial charge on any atom is 0.140 e. The molecule has 0 aliphatic rings. The Balaban J connectivity index is 2.30. The van der Waals surface area contributed by atoms with Gasteiger partial charge in [-0.3, -0.25) is 0 Å². The molecule has 6 nitrogen and oxygen atoms in total. The summed E-state index contributed by atoms with van der Waals surface area (Å²) >= 11 is 0. The van der Waals surface area contributed by atoms with E-state index in [0.29, 0.717) is 13.0 Å². The lowest BCUT2D eigenvalue weighted by Gasteiger charge is -2.23. The molecule has 0 atom stereocenters. The fraction of sp³-hybridized carbons (Fsp3) is 0.308. The number of oxime groups is 1. The first-order valence-electron chi connectivity index (χ1n) is 6.18. The van der Waals surface area contributed by atoms with E-state index in [9.17, 15) is 0 Å². The van der Waals surface area contributed by atoms with Crippen LogP contribution in [0.25, 0.3) is 10.9 Å². The summed E-state index contributed by atoms with van der Waals surface area (Å²) < 4.78 is 0. The average molecular weight is 259 g/mol. The highest BCUT2D eigenvalue weighted by molar-refractivity contribution is 5.91. The van der Waals surface area contributed by atoms with Crippen molar-refractivity contribution in [2.24, 2.45) is 10.9 Å². The molecule has 0 unspecified atom stereocenters. The van der Waals surface area contributed by atoms with E-state index in [2.05, 4.69) is 27.2 Å². The van der Waals surface area contributed by atoms with Gasteiger partial charge in [-0.2, -0.15) is 10.2 Å². The van der Waals surface area contributed by atoms with Crippen molar-refractivity contribution in [1.29, 1.82) is 0 Å². The predicted molar refractivity (Wildman–Crippen MR) is 75.5 cm³/mol. The Labute approximate surface area is 111 Å². The van der Waals surface area contributed by atoms with Gasteiger partial charge in [-0.1, -0.05) is 23.4 Å². The summed E-state index contributed by atoms with van der Waals surface area (Å²) in [5.41, 5.74) is 7.39. The van der Waals surface area contributed by atoms with Crippen molar-refractivity contribution in [2.45, 2.75) is 13.3 Å². The third-order valence-electron chi connectivity index (χ3n) is 3.01. The lowest BCUT2D eigenvalue weighted by molar-refractivity contribution is 0.317. The molecule has 0 aliphatic carbocycles. The Morgan fingerprint density at radius 3 is 2.95 bits per heavy atom. The second-order valence-electron chi connectivity index (χ2n) is 4.17. The summed E-state index contributed by atoms with van der Waals surface area (Å²) in [5, 5.41) is 20.8. The van der Waals surface area contributed by atoms with Crippen LogP contribution in [0.5, 0.6) is 0 Å². The summed E-state index contributed by atoms with van der Waals surface area (Å²) in [6.07, 6.45) is 2.25. The van der Waals surface area contributed by atoms with Crippen LogP contribution in [0.15, 0.2) is 35.6 Å². The molecule has 0 fully saturated rings. The second-order valence-corrected chi connectivity index (χ2v) is 4.17. The number of anilines is 1. The van der Waals surface area contributed by atoms with E-state index < -0.39 is 0 Å². The Bertz CT molecular complexity index is 579. The summed E-state index contributed by atoms with van der Waals surface area (Å²) in [6.45, 7) is 3.54. The molecule has 1 aromatic heterocycles. The van der Waals surface area contributed by atoms with Gasteiger partial charge in [-0.25, -0.2) is 0 Å². The van der Waals surface area contributed by atoms with E-state index in [1.165, 1.54) is 0 Å². The first-order valence-corrected chi connectivity index (χ1v) is 6.18. The van der Waals surface area contributed by atoms with Gasteiger partial charge >= 0.3 is 0 Å². The summed E-state index contributed by atoms with van der Waals surface area (Å²) in [6, 6.07) is 7.87. The minimum Gasteiger partial charge on any atom is -0.409 e. The highest BCUT2D eigenvalue weighted by Crippen LogP contribution is 2.23. The van der Waals surface area contributed by atoms with E-state index >= 15 is 0 Å². The lowest BCUT2D eigenvalue weighted by atomic mass is 10.2. The molecule has 0 amide bonds. The van der Waals surface area contributed by atoms with Crippen molar-refractivity contribution in [3.05, 3.63) is 30.5 Å². The molecule has 19 heavy (non-hydrogen) atoms.